The molecule has 3 rings (SSSR count). The van der Waals surface area contributed by atoms with Crippen LogP contribution in [0.2, 0.25) is 0 Å². The molecule has 2 bridgehead atoms. The Morgan fingerprint density at radius 1 is 1.44 bits per heavy atom. The van der Waals surface area contributed by atoms with Crippen molar-refractivity contribution in [1.29, 1.82) is 0 Å². The number of nitrogens with zero attached hydrogens (tertiary/aromatic N) is 2. The fourth-order valence-electron chi connectivity index (χ4n) is 4.26. The van der Waals surface area contributed by atoms with Gasteiger partial charge in [0.25, 0.3) is 0 Å². The van der Waals surface area contributed by atoms with Crippen LogP contribution in [-0.2, 0) is 0 Å². The van der Waals surface area contributed by atoms with Crippen molar-refractivity contribution < 1.29 is 0 Å². The van der Waals surface area contributed by atoms with Crippen LogP contribution in [0, 0.1) is 16.7 Å². The lowest BCUT2D eigenvalue weighted by Crippen LogP contribution is -2.45. The van der Waals surface area contributed by atoms with Crippen LogP contribution in [0.1, 0.15) is 58.8 Å². The Bertz CT molecular complexity index is 425. The molecule has 0 spiro atoms. The van der Waals surface area contributed by atoms with Gasteiger partial charge in [-0.2, -0.15) is 5.10 Å². The molecule has 0 aliphatic heterocycles. The van der Waals surface area contributed by atoms with Crippen molar-refractivity contribution in [2.75, 3.05) is 0 Å². The van der Waals surface area contributed by atoms with Crippen LogP contribution < -0.4 is 5.32 Å². The third kappa shape index (κ3) is 1.48. The largest absolute Gasteiger partial charge is 0.304 e. The molecule has 4 atom stereocenters. The average Bonchev–Trinajstić information content (AvgIpc) is 2.95. The fourth-order valence-corrected chi connectivity index (χ4v) is 4.26. The van der Waals surface area contributed by atoms with Crippen LogP contribution in [0.4, 0.5) is 0 Å². The first-order valence-electron chi connectivity index (χ1n) is 7.06. The Morgan fingerprint density at radius 2 is 2.22 bits per heavy atom. The summed E-state index contributed by atoms with van der Waals surface area (Å²) in [5.41, 5.74) is 0.887. The Balaban J connectivity index is 1.76. The average molecular weight is 248 g/mol. The van der Waals surface area contributed by atoms with Gasteiger partial charge in [0, 0.05) is 6.04 Å². The highest BCUT2D eigenvalue weighted by molar-refractivity contribution is 5.13. The lowest BCUT2D eigenvalue weighted by atomic mass is 9.69. The predicted octanol–water partition coefficient (Wildman–Crippen LogP) is 2.67. The second-order valence-corrected chi connectivity index (χ2v) is 6.92. The van der Waals surface area contributed by atoms with E-state index in [2.05, 4.69) is 48.2 Å². The molecule has 1 aromatic heterocycles. The normalized spacial score (nSPS) is 39.1. The first-order valence-corrected chi connectivity index (χ1v) is 7.06. The Morgan fingerprint density at radius 3 is 2.72 bits per heavy atom. The van der Waals surface area contributed by atoms with Crippen LogP contribution in [0.3, 0.4) is 0 Å². The lowest BCUT2D eigenvalue weighted by molar-refractivity contribution is 0.116. The zero-order valence-corrected chi connectivity index (χ0v) is 11.8. The number of aromatic amines is 1. The van der Waals surface area contributed by atoms with Gasteiger partial charge in [0.1, 0.15) is 12.2 Å². The van der Waals surface area contributed by atoms with Crippen molar-refractivity contribution in [3.63, 3.8) is 0 Å². The molecule has 100 valence electrons. The number of aromatic nitrogens is 3. The number of fused-ring (bicyclic) bond motifs is 2. The van der Waals surface area contributed by atoms with E-state index in [9.17, 15) is 0 Å². The standard InChI is InChI=1S/C14H24N4/c1-9(12-15-8-16-18-12)17-11-7-10-5-6-14(11,4)13(10,2)3/h8-11,17H,5-7H2,1-4H3,(H,15,16,18). The number of H-pyrrole nitrogens is 1. The van der Waals surface area contributed by atoms with Gasteiger partial charge in [-0.05, 0) is 42.9 Å². The van der Waals surface area contributed by atoms with E-state index in [0.717, 1.165) is 11.7 Å². The third-order valence-corrected chi connectivity index (χ3v) is 6.09. The summed E-state index contributed by atoms with van der Waals surface area (Å²) in [5, 5.41) is 10.7. The monoisotopic (exact) mass is 248 g/mol. The minimum Gasteiger partial charge on any atom is -0.304 e. The van der Waals surface area contributed by atoms with Gasteiger partial charge in [0.15, 0.2) is 0 Å². The van der Waals surface area contributed by atoms with Gasteiger partial charge in [0.05, 0.1) is 6.04 Å². The summed E-state index contributed by atoms with van der Waals surface area (Å²) in [6.45, 7) is 9.53. The number of hydrogen-bond donors (Lipinski definition) is 2. The SMILES string of the molecule is CC(NC1CC2CCC1(C)C2(C)C)c1ncn[nH]1. The summed E-state index contributed by atoms with van der Waals surface area (Å²) in [7, 11) is 0. The molecule has 4 unspecified atom stereocenters. The molecule has 0 radical (unpaired) electrons. The molecule has 18 heavy (non-hydrogen) atoms. The molecule has 1 aromatic rings. The van der Waals surface area contributed by atoms with E-state index in [0.29, 0.717) is 16.9 Å². The van der Waals surface area contributed by atoms with E-state index < -0.39 is 0 Å². The summed E-state index contributed by atoms with van der Waals surface area (Å²) in [4.78, 5) is 4.25. The predicted molar refractivity (Wildman–Crippen MR) is 71.0 cm³/mol. The summed E-state index contributed by atoms with van der Waals surface area (Å²) in [6.07, 6.45) is 5.64. The number of nitrogens with one attached hydrogen (secondary N) is 2. The van der Waals surface area contributed by atoms with Crippen molar-refractivity contribution in [3.05, 3.63) is 12.2 Å². The molecular formula is C14H24N4. The minimum absolute atomic E-state index is 0.254. The Hall–Kier alpha value is -0.900. The first-order chi connectivity index (χ1) is 8.45. The second-order valence-electron chi connectivity index (χ2n) is 6.92. The molecule has 4 heteroatoms. The zero-order valence-electron chi connectivity index (χ0n) is 11.8. The zero-order chi connectivity index (χ0) is 13.0. The first kappa shape index (κ1) is 12.2. The molecule has 4 nitrogen and oxygen atoms in total. The number of hydrogen-bond acceptors (Lipinski definition) is 3. The maximum Gasteiger partial charge on any atom is 0.141 e. The van der Waals surface area contributed by atoms with Crippen molar-refractivity contribution in [2.45, 2.75) is 59.0 Å². The summed E-state index contributed by atoms with van der Waals surface area (Å²) < 4.78 is 0. The molecule has 2 saturated carbocycles. The van der Waals surface area contributed by atoms with Crippen LogP contribution >= 0.6 is 0 Å². The van der Waals surface area contributed by atoms with Crippen LogP contribution in [0.15, 0.2) is 6.33 Å². The Labute approximate surface area is 109 Å². The second kappa shape index (κ2) is 3.80. The van der Waals surface area contributed by atoms with Gasteiger partial charge < -0.3 is 5.32 Å². The highest BCUT2D eigenvalue weighted by atomic mass is 15.2. The van der Waals surface area contributed by atoms with Crippen LogP contribution in [0.25, 0.3) is 0 Å². The highest BCUT2D eigenvalue weighted by Gasteiger charge is 2.61. The molecule has 0 saturated heterocycles. The van der Waals surface area contributed by atoms with Gasteiger partial charge >= 0.3 is 0 Å². The Kier molecular flexibility index (Phi) is 2.56. The van der Waals surface area contributed by atoms with E-state index in [1.807, 2.05) is 0 Å². The maximum atomic E-state index is 4.25. The van der Waals surface area contributed by atoms with Gasteiger partial charge in [-0.3, -0.25) is 5.10 Å². The lowest BCUT2D eigenvalue weighted by Gasteiger charge is -2.40. The minimum atomic E-state index is 0.254. The maximum absolute atomic E-state index is 4.25. The van der Waals surface area contributed by atoms with Gasteiger partial charge in [0.2, 0.25) is 0 Å². The molecule has 2 fully saturated rings. The van der Waals surface area contributed by atoms with E-state index in [1.54, 1.807) is 6.33 Å². The van der Waals surface area contributed by atoms with Crippen molar-refractivity contribution in [1.82, 2.24) is 20.5 Å². The van der Waals surface area contributed by atoms with Crippen molar-refractivity contribution in [3.8, 4) is 0 Å². The van der Waals surface area contributed by atoms with Crippen molar-refractivity contribution in [2.24, 2.45) is 16.7 Å². The molecule has 1 heterocycles. The molecule has 2 N–H and O–H groups in total. The van der Waals surface area contributed by atoms with E-state index in [-0.39, 0.29) is 6.04 Å². The van der Waals surface area contributed by atoms with Crippen LogP contribution in [0.5, 0.6) is 0 Å². The molecule has 2 aliphatic carbocycles. The van der Waals surface area contributed by atoms with Gasteiger partial charge in [-0.25, -0.2) is 4.98 Å². The summed E-state index contributed by atoms with van der Waals surface area (Å²) >= 11 is 0. The quantitative estimate of drug-likeness (QED) is 0.864. The smallest absolute Gasteiger partial charge is 0.141 e. The van der Waals surface area contributed by atoms with Crippen molar-refractivity contribution >= 4 is 0 Å². The number of rotatable bonds is 3. The van der Waals surface area contributed by atoms with Gasteiger partial charge in [-0.15, -0.1) is 0 Å². The van der Waals surface area contributed by atoms with E-state index in [4.69, 9.17) is 0 Å². The molecule has 2 aliphatic rings. The fraction of sp³-hybridized carbons (Fsp3) is 0.857. The van der Waals surface area contributed by atoms with Gasteiger partial charge in [-0.1, -0.05) is 20.8 Å². The van der Waals surface area contributed by atoms with E-state index in [1.165, 1.54) is 19.3 Å². The van der Waals surface area contributed by atoms with E-state index >= 15 is 0 Å². The molecule has 0 aromatic carbocycles. The third-order valence-electron chi connectivity index (χ3n) is 6.09. The molecule has 0 amide bonds. The van der Waals surface area contributed by atoms with Crippen LogP contribution in [-0.4, -0.2) is 21.2 Å². The summed E-state index contributed by atoms with van der Waals surface area (Å²) in [5.74, 6) is 1.82. The topological polar surface area (TPSA) is 53.6 Å². The highest BCUT2D eigenvalue weighted by Crippen LogP contribution is 2.65. The summed E-state index contributed by atoms with van der Waals surface area (Å²) in [6, 6.07) is 0.857. The molecular weight excluding hydrogens is 224 g/mol.